The topological polar surface area (TPSA) is 3.24 Å². The summed E-state index contributed by atoms with van der Waals surface area (Å²) in [6.45, 7) is 16.0. The standard InChI is InChI=1S/C21H35N/c1-12(2)19-15-11-17(15)21(20(19)13(3)4)9-10-22(14(5)6)18-8-7-16(18)21/h12-18H,7-11H2,1-6H3/t15-,16-,17+,18+,21+/m1/s1. The van der Waals surface area contributed by atoms with Crippen LogP contribution in [0.25, 0.3) is 0 Å². The molecule has 4 aliphatic rings. The highest BCUT2D eigenvalue weighted by atomic mass is 15.2. The molecule has 1 saturated heterocycles. The van der Waals surface area contributed by atoms with Crippen molar-refractivity contribution in [3.05, 3.63) is 11.1 Å². The van der Waals surface area contributed by atoms with E-state index in [1.165, 1.54) is 32.2 Å². The van der Waals surface area contributed by atoms with E-state index in [-0.39, 0.29) is 0 Å². The van der Waals surface area contributed by atoms with Gasteiger partial charge in [-0.25, -0.2) is 0 Å². The molecule has 1 heterocycles. The van der Waals surface area contributed by atoms with E-state index in [2.05, 4.69) is 46.4 Å². The van der Waals surface area contributed by atoms with Gasteiger partial charge in [0.05, 0.1) is 0 Å². The molecule has 0 unspecified atom stereocenters. The van der Waals surface area contributed by atoms with E-state index in [4.69, 9.17) is 0 Å². The monoisotopic (exact) mass is 301 g/mol. The molecule has 0 aromatic heterocycles. The van der Waals surface area contributed by atoms with Gasteiger partial charge >= 0.3 is 0 Å². The zero-order chi connectivity index (χ0) is 15.8. The largest absolute Gasteiger partial charge is 0.298 e. The van der Waals surface area contributed by atoms with Crippen molar-refractivity contribution in [1.82, 2.24) is 4.90 Å². The van der Waals surface area contributed by atoms with Crippen molar-refractivity contribution in [3.8, 4) is 0 Å². The Morgan fingerprint density at radius 1 is 0.955 bits per heavy atom. The van der Waals surface area contributed by atoms with E-state index < -0.39 is 0 Å². The van der Waals surface area contributed by atoms with E-state index in [0.29, 0.717) is 5.41 Å². The lowest BCUT2D eigenvalue weighted by molar-refractivity contribution is -0.0851. The van der Waals surface area contributed by atoms with Crippen molar-refractivity contribution in [2.24, 2.45) is 35.0 Å². The predicted octanol–water partition coefficient (Wildman–Crippen LogP) is 5.12. The van der Waals surface area contributed by atoms with Crippen LogP contribution >= 0.6 is 0 Å². The summed E-state index contributed by atoms with van der Waals surface area (Å²) >= 11 is 0. The molecular weight excluding hydrogens is 266 g/mol. The Bertz CT molecular complexity index is 500. The first-order valence-electron chi connectivity index (χ1n) is 9.89. The smallest absolute Gasteiger partial charge is 0.0135 e. The normalized spacial score (nSPS) is 44.0. The molecule has 0 bridgehead atoms. The second-order valence-electron chi connectivity index (χ2n) is 9.50. The summed E-state index contributed by atoms with van der Waals surface area (Å²) in [5.74, 6) is 4.52. The van der Waals surface area contributed by atoms with Crippen LogP contribution in [0.15, 0.2) is 11.1 Å². The van der Waals surface area contributed by atoms with Gasteiger partial charge in [0.2, 0.25) is 0 Å². The number of allylic oxidation sites excluding steroid dienone is 2. The van der Waals surface area contributed by atoms with Crippen molar-refractivity contribution in [2.75, 3.05) is 6.54 Å². The third kappa shape index (κ3) is 1.75. The molecule has 0 N–H and O–H groups in total. The summed E-state index contributed by atoms with van der Waals surface area (Å²) in [7, 11) is 0. The number of fused-ring (bicyclic) bond motifs is 4. The Morgan fingerprint density at radius 3 is 2.18 bits per heavy atom. The van der Waals surface area contributed by atoms with Gasteiger partial charge in [-0.1, -0.05) is 38.8 Å². The average molecular weight is 302 g/mol. The summed E-state index contributed by atoms with van der Waals surface area (Å²) in [6.07, 6.45) is 5.94. The Hall–Kier alpha value is -0.300. The van der Waals surface area contributed by atoms with E-state index in [0.717, 1.165) is 41.7 Å². The van der Waals surface area contributed by atoms with E-state index in [9.17, 15) is 0 Å². The number of nitrogens with zero attached hydrogens (tertiary/aromatic N) is 1. The number of hydrogen-bond donors (Lipinski definition) is 0. The molecule has 5 atom stereocenters. The highest BCUT2D eigenvalue weighted by Crippen LogP contribution is 2.74. The molecule has 0 radical (unpaired) electrons. The van der Waals surface area contributed by atoms with E-state index in [1.54, 1.807) is 0 Å². The highest BCUT2D eigenvalue weighted by molar-refractivity contribution is 5.43. The van der Waals surface area contributed by atoms with Gasteiger partial charge in [-0.2, -0.15) is 0 Å². The molecule has 1 aliphatic heterocycles. The molecule has 4 rings (SSSR count). The Morgan fingerprint density at radius 2 is 1.68 bits per heavy atom. The van der Waals surface area contributed by atoms with Gasteiger partial charge in [0, 0.05) is 17.5 Å². The fraction of sp³-hybridized carbons (Fsp3) is 0.905. The molecule has 3 aliphatic carbocycles. The summed E-state index contributed by atoms with van der Waals surface area (Å²) in [4.78, 5) is 2.84. The minimum atomic E-state index is 0.618. The molecule has 3 fully saturated rings. The number of likely N-dealkylation sites (tertiary alicyclic amines) is 1. The fourth-order valence-electron chi connectivity index (χ4n) is 6.97. The third-order valence-electron chi connectivity index (χ3n) is 7.64. The lowest BCUT2D eigenvalue weighted by Crippen LogP contribution is -2.62. The maximum absolute atomic E-state index is 2.84. The Labute approximate surface area is 137 Å². The lowest BCUT2D eigenvalue weighted by atomic mass is 9.52. The summed E-state index contributed by atoms with van der Waals surface area (Å²) in [6, 6.07) is 1.63. The molecular formula is C21H35N. The molecule has 0 aromatic rings. The van der Waals surface area contributed by atoms with Crippen molar-refractivity contribution in [3.63, 3.8) is 0 Å². The highest BCUT2D eigenvalue weighted by Gasteiger charge is 2.68. The molecule has 1 spiro atoms. The summed E-state index contributed by atoms with van der Waals surface area (Å²) in [5, 5.41) is 0. The average Bonchev–Trinajstić information content (AvgIpc) is 3.11. The van der Waals surface area contributed by atoms with E-state index in [1.807, 2.05) is 11.1 Å². The SMILES string of the molecule is CC(C)C1=C(C(C)C)[C@]2(CCN(C(C)C)[C@H]3CC[C@H]32)[C@H]2C[C@@H]12. The zero-order valence-corrected chi connectivity index (χ0v) is 15.5. The third-order valence-corrected chi connectivity index (χ3v) is 7.64. The number of rotatable bonds is 3. The van der Waals surface area contributed by atoms with Gasteiger partial charge in [0.15, 0.2) is 0 Å². The molecule has 2 saturated carbocycles. The molecule has 1 heteroatoms. The maximum Gasteiger partial charge on any atom is 0.0135 e. The summed E-state index contributed by atoms with van der Waals surface area (Å²) in [5.41, 5.74) is 4.47. The van der Waals surface area contributed by atoms with Crippen molar-refractivity contribution >= 4 is 0 Å². The molecule has 0 aromatic carbocycles. The second kappa shape index (κ2) is 4.85. The minimum Gasteiger partial charge on any atom is -0.298 e. The van der Waals surface area contributed by atoms with Crippen LogP contribution < -0.4 is 0 Å². The van der Waals surface area contributed by atoms with Gasteiger partial charge in [-0.3, -0.25) is 4.90 Å². The summed E-state index contributed by atoms with van der Waals surface area (Å²) < 4.78 is 0. The van der Waals surface area contributed by atoms with Crippen molar-refractivity contribution < 1.29 is 0 Å². The lowest BCUT2D eigenvalue weighted by Gasteiger charge is -2.61. The Balaban J connectivity index is 1.75. The van der Waals surface area contributed by atoms with Gasteiger partial charge in [0.1, 0.15) is 0 Å². The van der Waals surface area contributed by atoms with Gasteiger partial charge in [-0.15, -0.1) is 0 Å². The first kappa shape index (κ1) is 15.2. The Kier molecular flexibility index (Phi) is 3.36. The van der Waals surface area contributed by atoms with Crippen LogP contribution in [0.1, 0.15) is 67.2 Å². The van der Waals surface area contributed by atoms with Crippen molar-refractivity contribution in [2.45, 2.75) is 79.3 Å². The first-order valence-corrected chi connectivity index (χ1v) is 9.89. The van der Waals surface area contributed by atoms with Crippen LogP contribution in [-0.2, 0) is 0 Å². The fourth-order valence-corrected chi connectivity index (χ4v) is 6.97. The second-order valence-corrected chi connectivity index (χ2v) is 9.50. The quantitative estimate of drug-likeness (QED) is 0.654. The minimum absolute atomic E-state index is 0.618. The van der Waals surface area contributed by atoms with Crippen LogP contribution in [0.2, 0.25) is 0 Å². The van der Waals surface area contributed by atoms with E-state index >= 15 is 0 Å². The van der Waals surface area contributed by atoms with Gasteiger partial charge in [0.25, 0.3) is 0 Å². The number of piperidine rings is 1. The zero-order valence-electron chi connectivity index (χ0n) is 15.5. The molecule has 124 valence electrons. The van der Waals surface area contributed by atoms with Gasteiger partial charge < -0.3 is 0 Å². The van der Waals surface area contributed by atoms with Gasteiger partial charge in [-0.05, 0) is 75.7 Å². The molecule has 0 amide bonds. The maximum atomic E-state index is 2.84. The van der Waals surface area contributed by atoms with Crippen LogP contribution in [-0.4, -0.2) is 23.5 Å². The predicted molar refractivity (Wildman–Crippen MR) is 93.7 cm³/mol. The van der Waals surface area contributed by atoms with Crippen LogP contribution in [0, 0.1) is 35.0 Å². The van der Waals surface area contributed by atoms with Crippen LogP contribution in [0.5, 0.6) is 0 Å². The number of hydrogen-bond acceptors (Lipinski definition) is 1. The molecule has 1 nitrogen and oxygen atoms in total. The molecule has 22 heavy (non-hydrogen) atoms. The van der Waals surface area contributed by atoms with Crippen LogP contribution in [0.3, 0.4) is 0 Å². The van der Waals surface area contributed by atoms with Crippen LogP contribution in [0.4, 0.5) is 0 Å². The first-order chi connectivity index (χ1) is 10.4. The van der Waals surface area contributed by atoms with Crippen molar-refractivity contribution in [1.29, 1.82) is 0 Å².